The molecular weight excluding hydrogens is 137 g/mol. The Balaban J connectivity index is 0. The molecule has 47 valence electrons. The third-order valence-corrected chi connectivity index (χ3v) is 0.338. The zero-order chi connectivity index (χ0) is 6.57. The number of carbonyl (C=O) groups excluding carboxylic acids is 1. The predicted molar refractivity (Wildman–Crippen MR) is 28.9 cm³/mol. The molecule has 0 aliphatic heterocycles. The van der Waals surface area contributed by atoms with Crippen molar-refractivity contribution in [1.82, 2.24) is 0 Å². The number of hydrogen-bond donors (Lipinski definition) is 2. The van der Waals surface area contributed by atoms with Gasteiger partial charge in [0, 0.05) is 29.6 Å². The second kappa shape index (κ2) is 5.87. The molecule has 6 heteroatoms. The molecule has 0 aromatic carbocycles. The van der Waals surface area contributed by atoms with Crippen LogP contribution >= 0.6 is 0 Å². The Morgan fingerprint density at radius 1 is 1.56 bits per heavy atom. The van der Waals surface area contributed by atoms with Crippen LogP contribution in [0.3, 0.4) is 0 Å². The molecule has 0 aromatic heterocycles. The maximum atomic E-state index is 9.64. The summed E-state index contributed by atoms with van der Waals surface area (Å²) >= 11 is 0. The number of carboxylic acid groups (broad SMARTS) is 1. The molecule has 1 radical (unpaired) electrons. The van der Waals surface area contributed by atoms with Crippen molar-refractivity contribution in [3.05, 3.63) is 0 Å². The van der Waals surface area contributed by atoms with Crippen molar-refractivity contribution in [2.45, 2.75) is 0 Å². The summed E-state index contributed by atoms with van der Waals surface area (Å²) in [6, 6.07) is 0. The van der Waals surface area contributed by atoms with Crippen molar-refractivity contribution in [2.24, 2.45) is 5.73 Å². The zero-order valence-corrected chi connectivity index (χ0v) is 6.96. The summed E-state index contributed by atoms with van der Waals surface area (Å²) in [7, 11) is 0. The molecule has 1 amide bonds. The molecule has 0 saturated heterocycles. The van der Waals surface area contributed by atoms with E-state index in [0.717, 1.165) is 0 Å². The average molecular weight is 142 g/mol. The van der Waals surface area contributed by atoms with Crippen LogP contribution in [0.25, 0.3) is 0 Å². The fourth-order valence-electron chi connectivity index (χ4n) is 0.133. The van der Waals surface area contributed by atoms with Gasteiger partial charge in [0.2, 0.25) is 0 Å². The second-order valence-corrected chi connectivity index (χ2v) is 1.00. The zero-order valence-electron chi connectivity index (χ0n) is 4.96. The minimum atomic E-state index is -1.22. The van der Waals surface area contributed by atoms with Crippen LogP contribution in [-0.4, -0.2) is 53.3 Å². The summed E-state index contributed by atoms with van der Waals surface area (Å²) < 4.78 is 3.84. The van der Waals surface area contributed by atoms with E-state index in [1.165, 1.54) is 0 Å². The van der Waals surface area contributed by atoms with Crippen LogP contribution in [0, 0.1) is 0 Å². The SMILES string of the molecule is NC(=O)OCC(=O)O.[Na]. The van der Waals surface area contributed by atoms with Crippen LogP contribution in [0.1, 0.15) is 0 Å². The molecule has 0 bridgehead atoms. The molecule has 0 fully saturated rings. The van der Waals surface area contributed by atoms with Crippen molar-refractivity contribution in [3.63, 3.8) is 0 Å². The van der Waals surface area contributed by atoms with Crippen molar-refractivity contribution < 1.29 is 19.4 Å². The minimum absolute atomic E-state index is 0. The topological polar surface area (TPSA) is 89.6 Å². The monoisotopic (exact) mass is 142 g/mol. The number of rotatable bonds is 2. The quantitative estimate of drug-likeness (QED) is 0.473. The number of aliphatic carboxylic acids is 1. The Labute approximate surface area is 73.5 Å². The normalized spacial score (nSPS) is 7.11. The van der Waals surface area contributed by atoms with E-state index in [9.17, 15) is 9.59 Å². The standard InChI is InChI=1S/C3H5NO4.Na/c4-3(7)8-1-2(5)6;/h1H2,(H2,4,7)(H,5,6);. The Kier molecular flexibility index (Phi) is 7.52. The largest absolute Gasteiger partial charge is 0.479 e. The van der Waals surface area contributed by atoms with Crippen molar-refractivity contribution >= 4 is 41.6 Å². The van der Waals surface area contributed by atoms with Crippen LogP contribution in [0.4, 0.5) is 4.79 Å². The predicted octanol–water partition coefficient (Wildman–Crippen LogP) is -1.21. The van der Waals surface area contributed by atoms with Gasteiger partial charge >= 0.3 is 12.1 Å². The summed E-state index contributed by atoms with van der Waals surface area (Å²) in [6.45, 7) is -0.671. The first-order valence-corrected chi connectivity index (χ1v) is 1.77. The van der Waals surface area contributed by atoms with Gasteiger partial charge in [0.25, 0.3) is 0 Å². The van der Waals surface area contributed by atoms with Crippen molar-refractivity contribution in [2.75, 3.05) is 6.61 Å². The molecular formula is C3H5NNaO4. The van der Waals surface area contributed by atoms with Gasteiger partial charge in [0.15, 0.2) is 6.61 Å². The first kappa shape index (κ1) is 11.5. The van der Waals surface area contributed by atoms with E-state index >= 15 is 0 Å². The van der Waals surface area contributed by atoms with Gasteiger partial charge in [-0.25, -0.2) is 9.59 Å². The minimum Gasteiger partial charge on any atom is -0.479 e. The van der Waals surface area contributed by atoms with Crippen LogP contribution in [-0.2, 0) is 9.53 Å². The Hall–Kier alpha value is -0.260. The summed E-state index contributed by atoms with van der Waals surface area (Å²) in [5.41, 5.74) is 4.42. The summed E-state index contributed by atoms with van der Waals surface area (Å²) in [6.07, 6.45) is -1.08. The fraction of sp³-hybridized carbons (Fsp3) is 0.333. The molecule has 0 aromatic rings. The maximum Gasteiger partial charge on any atom is 0.405 e. The van der Waals surface area contributed by atoms with E-state index in [4.69, 9.17) is 5.11 Å². The molecule has 0 heterocycles. The Bertz CT molecular complexity index is 100. The van der Waals surface area contributed by atoms with E-state index in [2.05, 4.69) is 10.5 Å². The maximum absolute atomic E-state index is 9.64. The first-order valence-electron chi connectivity index (χ1n) is 1.77. The van der Waals surface area contributed by atoms with E-state index in [-0.39, 0.29) is 29.6 Å². The number of ether oxygens (including phenoxy) is 1. The molecule has 9 heavy (non-hydrogen) atoms. The third-order valence-electron chi connectivity index (χ3n) is 0.338. The number of carbonyl (C=O) groups is 2. The van der Waals surface area contributed by atoms with Gasteiger partial charge in [-0.05, 0) is 0 Å². The first-order chi connectivity index (χ1) is 3.63. The fourth-order valence-corrected chi connectivity index (χ4v) is 0.133. The van der Waals surface area contributed by atoms with Gasteiger partial charge in [0.05, 0.1) is 0 Å². The number of carboxylic acids is 1. The smallest absolute Gasteiger partial charge is 0.405 e. The summed E-state index contributed by atoms with van der Waals surface area (Å²) in [4.78, 5) is 19.2. The molecule has 0 atom stereocenters. The number of nitrogens with two attached hydrogens (primary N) is 1. The molecule has 0 saturated carbocycles. The molecule has 3 N–H and O–H groups in total. The van der Waals surface area contributed by atoms with E-state index in [1.54, 1.807) is 0 Å². The van der Waals surface area contributed by atoms with Gasteiger partial charge in [0.1, 0.15) is 0 Å². The van der Waals surface area contributed by atoms with Crippen molar-refractivity contribution in [1.29, 1.82) is 0 Å². The van der Waals surface area contributed by atoms with Crippen LogP contribution in [0.2, 0.25) is 0 Å². The molecule has 0 aliphatic rings. The molecule has 0 unspecified atom stereocenters. The van der Waals surface area contributed by atoms with Gasteiger partial charge in [-0.1, -0.05) is 0 Å². The Morgan fingerprint density at radius 3 is 2.11 bits per heavy atom. The van der Waals surface area contributed by atoms with Crippen LogP contribution in [0.5, 0.6) is 0 Å². The van der Waals surface area contributed by atoms with Crippen LogP contribution in [0.15, 0.2) is 0 Å². The summed E-state index contributed by atoms with van der Waals surface area (Å²) in [5, 5.41) is 7.83. The number of amides is 1. The van der Waals surface area contributed by atoms with E-state index in [1.807, 2.05) is 0 Å². The third kappa shape index (κ3) is 11.4. The second-order valence-electron chi connectivity index (χ2n) is 1.00. The Morgan fingerprint density at radius 2 is 2.00 bits per heavy atom. The molecule has 0 aliphatic carbocycles. The number of primary amides is 1. The van der Waals surface area contributed by atoms with Crippen LogP contribution < -0.4 is 5.73 Å². The average Bonchev–Trinajstić information content (AvgIpc) is 1.61. The van der Waals surface area contributed by atoms with Gasteiger partial charge in [-0.3, -0.25) is 0 Å². The number of hydrogen-bond acceptors (Lipinski definition) is 3. The van der Waals surface area contributed by atoms with E-state index in [0.29, 0.717) is 0 Å². The van der Waals surface area contributed by atoms with Gasteiger partial charge in [-0.2, -0.15) is 0 Å². The molecule has 5 nitrogen and oxygen atoms in total. The van der Waals surface area contributed by atoms with Crippen molar-refractivity contribution in [3.8, 4) is 0 Å². The summed E-state index contributed by atoms with van der Waals surface area (Å²) in [5.74, 6) is -1.22. The molecule has 0 spiro atoms. The van der Waals surface area contributed by atoms with Gasteiger partial charge in [-0.15, -0.1) is 0 Å². The molecule has 0 rings (SSSR count). The van der Waals surface area contributed by atoms with Gasteiger partial charge < -0.3 is 15.6 Å². The van der Waals surface area contributed by atoms with E-state index < -0.39 is 18.7 Å².